The zero-order valence-corrected chi connectivity index (χ0v) is 17.4. The van der Waals surface area contributed by atoms with Crippen LogP contribution < -0.4 is 30.8 Å². The number of sulfonamides is 1. The zero-order chi connectivity index (χ0) is 21.7. The summed E-state index contributed by atoms with van der Waals surface area (Å²) < 4.78 is 35.4. The molecule has 5 N–H and O–H groups in total. The first-order chi connectivity index (χ1) is 14.3. The molecule has 11 heteroatoms. The normalized spacial score (nSPS) is 11.0. The molecule has 3 aromatic rings. The van der Waals surface area contributed by atoms with E-state index in [9.17, 15) is 8.42 Å². The third kappa shape index (κ3) is 4.70. The van der Waals surface area contributed by atoms with Gasteiger partial charge in [-0.15, -0.1) is 4.83 Å². The SMILES string of the molecule is COc1ccc(Nc2ncnc(NNS(=O)(=O)c3ccc(C)cc3)c2N)c(OC)c1. The predicted octanol–water partition coefficient (Wildman–Crippen LogP) is 2.43. The summed E-state index contributed by atoms with van der Waals surface area (Å²) in [5, 5.41) is 3.04. The molecule has 0 saturated carbocycles. The minimum Gasteiger partial charge on any atom is -0.497 e. The predicted molar refractivity (Wildman–Crippen MR) is 114 cm³/mol. The van der Waals surface area contributed by atoms with E-state index in [4.69, 9.17) is 15.2 Å². The van der Waals surface area contributed by atoms with Crippen LogP contribution in [0.15, 0.2) is 53.7 Å². The Balaban J connectivity index is 1.79. The van der Waals surface area contributed by atoms with E-state index in [1.165, 1.54) is 25.6 Å². The average Bonchev–Trinajstić information content (AvgIpc) is 2.75. The molecule has 1 heterocycles. The van der Waals surface area contributed by atoms with Crippen LogP contribution in [0.25, 0.3) is 0 Å². The molecule has 0 aliphatic carbocycles. The van der Waals surface area contributed by atoms with Gasteiger partial charge in [0.05, 0.1) is 24.8 Å². The Labute approximate surface area is 174 Å². The van der Waals surface area contributed by atoms with E-state index in [0.717, 1.165) is 5.56 Å². The second kappa shape index (κ2) is 8.84. The van der Waals surface area contributed by atoms with Crippen molar-refractivity contribution in [3.8, 4) is 11.5 Å². The number of aryl methyl sites for hydroxylation is 1. The highest BCUT2D eigenvalue weighted by Gasteiger charge is 2.16. The van der Waals surface area contributed by atoms with E-state index in [2.05, 4.69) is 25.5 Å². The lowest BCUT2D eigenvalue weighted by Crippen LogP contribution is -2.30. The quantitative estimate of drug-likeness (QED) is 0.397. The van der Waals surface area contributed by atoms with Crippen molar-refractivity contribution in [2.75, 3.05) is 30.7 Å². The minimum atomic E-state index is -3.81. The van der Waals surface area contributed by atoms with E-state index in [1.54, 1.807) is 37.4 Å². The molecule has 0 atom stereocenters. The Morgan fingerprint density at radius 1 is 0.967 bits per heavy atom. The number of rotatable bonds is 8. The van der Waals surface area contributed by atoms with Crippen molar-refractivity contribution in [1.29, 1.82) is 0 Å². The largest absolute Gasteiger partial charge is 0.497 e. The van der Waals surface area contributed by atoms with Crippen LogP contribution in [-0.4, -0.2) is 32.6 Å². The summed E-state index contributed by atoms with van der Waals surface area (Å²) in [6.45, 7) is 1.87. The van der Waals surface area contributed by atoms with Crippen molar-refractivity contribution < 1.29 is 17.9 Å². The van der Waals surface area contributed by atoms with Crippen molar-refractivity contribution >= 4 is 33.0 Å². The van der Waals surface area contributed by atoms with Crippen LogP contribution in [0.2, 0.25) is 0 Å². The molecular weight excluding hydrogens is 408 g/mol. The molecule has 2 aromatic carbocycles. The summed E-state index contributed by atoms with van der Waals surface area (Å²) >= 11 is 0. The molecule has 10 nitrogen and oxygen atoms in total. The zero-order valence-electron chi connectivity index (χ0n) is 16.6. The fourth-order valence-corrected chi connectivity index (χ4v) is 3.36. The van der Waals surface area contributed by atoms with Gasteiger partial charge in [0.2, 0.25) is 0 Å². The number of methoxy groups -OCH3 is 2. The summed E-state index contributed by atoms with van der Waals surface area (Å²) in [6.07, 6.45) is 1.25. The van der Waals surface area contributed by atoms with Crippen molar-refractivity contribution in [3.63, 3.8) is 0 Å². The Kier molecular flexibility index (Phi) is 6.23. The Morgan fingerprint density at radius 2 is 1.67 bits per heavy atom. The molecule has 158 valence electrons. The standard InChI is InChI=1S/C19H22N6O4S/c1-12-4-7-14(8-5-12)30(26,27)25-24-19-17(20)18(21-11-22-19)23-15-9-6-13(28-2)10-16(15)29-3/h4-11,25H,20H2,1-3H3,(H2,21,22,23,24). The molecule has 0 amide bonds. The van der Waals surface area contributed by atoms with Gasteiger partial charge >= 0.3 is 0 Å². The number of nitrogens with one attached hydrogen (secondary N) is 3. The Bertz CT molecular complexity index is 1140. The number of benzene rings is 2. The van der Waals surface area contributed by atoms with Crippen LogP contribution >= 0.6 is 0 Å². The van der Waals surface area contributed by atoms with Gasteiger partial charge in [0, 0.05) is 6.07 Å². The lowest BCUT2D eigenvalue weighted by molar-refractivity contribution is 0.395. The molecule has 0 spiro atoms. The van der Waals surface area contributed by atoms with Gasteiger partial charge < -0.3 is 20.5 Å². The number of hydrogen-bond donors (Lipinski definition) is 4. The second-order valence-corrected chi connectivity index (χ2v) is 7.90. The van der Waals surface area contributed by atoms with E-state index >= 15 is 0 Å². The van der Waals surface area contributed by atoms with Crippen LogP contribution in [0.5, 0.6) is 11.5 Å². The lowest BCUT2D eigenvalue weighted by Gasteiger charge is -2.15. The topological polar surface area (TPSA) is 140 Å². The number of ether oxygens (including phenoxy) is 2. The van der Waals surface area contributed by atoms with Gasteiger partial charge in [-0.2, -0.15) is 0 Å². The average molecular weight is 430 g/mol. The van der Waals surface area contributed by atoms with Crippen LogP contribution in [-0.2, 0) is 10.0 Å². The third-order valence-electron chi connectivity index (χ3n) is 4.18. The fraction of sp³-hybridized carbons (Fsp3) is 0.158. The molecule has 0 aliphatic rings. The minimum absolute atomic E-state index is 0.0932. The van der Waals surface area contributed by atoms with E-state index in [1.807, 2.05) is 6.92 Å². The monoisotopic (exact) mass is 430 g/mol. The molecule has 0 radical (unpaired) electrons. The number of nitrogen functional groups attached to an aromatic ring is 1. The highest BCUT2D eigenvalue weighted by Crippen LogP contribution is 2.33. The Hall–Kier alpha value is -3.57. The molecule has 30 heavy (non-hydrogen) atoms. The van der Waals surface area contributed by atoms with Crippen LogP contribution in [0, 0.1) is 6.92 Å². The molecule has 0 bridgehead atoms. The summed E-state index contributed by atoms with van der Waals surface area (Å²) in [5.74, 6) is 1.50. The summed E-state index contributed by atoms with van der Waals surface area (Å²) in [6, 6.07) is 11.6. The number of hydrazine groups is 1. The second-order valence-electron chi connectivity index (χ2n) is 6.22. The van der Waals surface area contributed by atoms with Crippen molar-refractivity contribution in [2.24, 2.45) is 0 Å². The van der Waals surface area contributed by atoms with Crippen molar-refractivity contribution in [1.82, 2.24) is 14.8 Å². The number of aromatic nitrogens is 2. The Morgan fingerprint density at radius 3 is 2.33 bits per heavy atom. The first-order valence-corrected chi connectivity index (χ1v) is 10.3. The van der Waals surface area contributed by atoms with Gasteiger partial charge in [0.1, 0.15) is 23.5 Å². The molecule has 0 fully saturated rings. The van der Waals surface area contributed by atoms with Gasteiger partial charge in [-0.3, -0.25) is 5.43 Å². The summed E-state index contributed by atoms with van der Waals surface area (Å²) in [5.41, 5.74) is 10.3. The first-order valence-electron chi connectivity index (χ1n) is 8.78. The van der Waals surface area contributed by atoms with Gasteiger partial charge in [-0.25, -0.2) is 18.4 Å². The van der Waals surface area contributed by atoms with Gasteiger partial charge in [-0.1, -0.05) is 17.7 Å². The number of anilines is 4. The molecule has 3 rings (SSSR count). The van der Waals surface area contributed by atoms with Gasteiger partial charge in [0.15, 0.2) is 11.6 Å². The van der Waals surface area contributed by atoms with E-state index in [0.29, 0.717) is 17.2 Å². The summed E-state index contributed by atoms with van der Waals surface area (Å²) in [4.78, 5) is 10.5. The number of nitrogens with two attached hydrogens (primary N) is 1. The van der Waals surface area contributed by atoms with Crippen molar-refractivity contribution in [2.45, 2.75) is 11.8 Å². The highest BCUT2D eigenvalue weighted by molar-refractivity contribution is 7.89. The maximum Gasteiger partial charge on any atom is 0.257 e. The molecule has 1 aromatic heterocycles. The molecule has 0 aliphatic heterocycles. The smallest absolute Gasteiger partial charge is 0.257 e. The van der Waals surface area contributed by atoms with Gasteiger partial charge in [0.25, 0.3) is 10.0 Å². The molecule has 0 saturated heterocycles. The number of hydrogen-bond acceptors (Lipinski definition) is 9. The molecular formula is C19H22N6O4S. The summed E-state index contributed by atoms with van der Waals surface area (Å²) in [7, 11) is -0.734. The third-order valence-corrected chi connectivity index (χ3v) is 5.44. The lowest BCUT2D eigenvalue weighted by atomic mass is 10.2. The first kappa shape index (κ1) is 21.1. The maximum atomic E-state index is 12.4. The van der Waals surface area contributed by atoms with Crippen molar-refractivity contribution in [3.05, 3.63) is 54.4 Å². The maximum absolute atomic E-state index is 12.4. The van der Waals surface area contributed by atoms with Crippen LogP contribution in [0.3, 0.4) is 0 Å². The fourth-order valence-electron chi connectivity index (χ4n) is 2.52. The van der Waals surface area contributed by atoms with E-state index < -0.39 is 10.0 Å². The van der Waals surface area contributed by atoms with E-state index in [-0.39, 0.29) is 22.2 Å². The van der Waals surface area contributed by atoms with Crippen LogP contribution in [0.4, 0.5) is 23.0 Å². The highest BCUT2D eigenvalue weighted by atomic mass is 32.2. The molecule has 0 unspecified atom stereocenters. The number of nitrogens with zero attached hydrogens (tertiary/aromatic N) is 2. The van der Waals surface area contributed by atoms with Crippen LogP contribution in [0.1, 0.15) is 5.56 Å². The van der Waals surface area contributed by atoms with Gasteiger partial charge in [-0.05, 0) is 31.2 Å².